The van der Waals surface area contributed by atoms with Gasteiger partial charge in [0.15, 0.2) is 5.82 Å². The maximum absolute atomic E-state index is 13.7. The van der Waals surface area contributed by atoms with Crippen LogP contribution in [-0.4, -0.2) is 66.5 Å². The van der Waals surface area contributed by atoms with Crippen LogP contribution >= 0.6 is 0 Å². The molecule has 3 N–H and O–H groups in total. The molecule has 8 rings (SSSR count). The zero-order valence-electron chi connectivity index (χ0n) is 25.7. The predicted octanol–water partition coefficient (Wildman–Crippen LogP) is 4.59. The van der Waals surface area contributed by atoms with E-state index < -0.39 is 0 Å². The number of ether oxygens (including phenoxy) is 1. The summed E-state index contributed by atoms with van der Waals surface area (Å²) in [5.41, 5.74) is 12.1. The molecule has 0 spiro atoms. The first-order valence-corrected chi connectivity index (χ1v) is 15.6. The van der Waals surface area contributed by atoms with Gasteiger partial charge in [0.1, 0.15) is 22.7 Å². The van der Waals surface area contributed by atoms with Gasteiger partial charge in [-0.1, -0.05) is 0 Å². The Hall–Kier alpha value is -4.77. The molecular weight excluding hydrogens is 568 g/mol. The minimum absolute atomic E-state index is 0.00998. The topological polar surface area (TPSA) is 133 Å². The van der Waals surface area contributed by atoms with Gasteiger partial charge in [-0.3, -0.25) is 9.59 Å². The van der Waals surface area contributed by atoms with E-state index in [-0.39, 0.29) is 23.9 Å². The highest BCUT2D eigenvalue weighted by atomic mass is 16.5. The van der Waals surface area contributed by atoms with Crippen LogP contribution in [0.2, 0.25) is 0 Å². The molecule has 2 saturated carbocycles. The standard InChI is InChI=1S/C34H36N8O3/c1-18(43)37-29-11-8-21(15-36-29)24-9-6-20-13-27(41(32(20)38-24)16-19-4-5-19)33-39-25-12-23(14-28(45-3)31(25)40(33)2)34(44)42-17-22-7-10-26(42)30(22)35/h6,8-9,11-15,19,22,26,30H,4-5,7,10,16-17,35H2,1-3H3,(H,36,37,43)/t22?,26?,30-/m1/s1. The van der Waals surface area contributed by atoms with Gasteiger partial charge in [-0.2, -0.15) is 0 Å². The lowest BCUT2D eigenvalue weighted by atomic mass is 10.1. The van der Waals surface area contributed by atoms with Crippen molar-refractivity contribution in [3.63, 3.8) is 0 Å². The van der Waals surface area contributed by atoms with Crippen LogP contribution < -0.4 is 15.8 Å². The van der Waals surface area contributed by atoms with E-state index in [0.29, 0.717) is 41.0 Å². The Balaban J connectivity index is 1.20. The molecule has 11 heteroatoms. The number of methoxy groups -OCH3 is 1. The van der Waals surface area contributed by atoms with Crippen molar-refractivity contribution >= 4 is 39.7 Å². The Labute approximate surface area is 260 Å². The van der Waals surface area contributed by atoms with Crippen molar-refractivity contribution in [3.05, 3.63) is 54.2 Å². The van der Waals surface area contributed by atoms with E-state index in [1.807, 2.05) is 36.2 Å². The molecule has 45 heavy (non-hydrogen) atoms. The van der Waals surface area contributed by atoms with E-state index in [1.165, 1.54) is 19.8 Å². The van der Waals surface area contributed by atoms with E-state index in [4.69, 9.17) is 20.4 Å². The first kappa shape index (κ1) is 27.8. The number of carbonyl (C=O) groups is 2. The summed E-state index contributed by atoms with van der Waals surface area (Å²) in [5.74, 6) is 2.72. The molecule has 2 amide bonds. The third kappa shape index (κ3) is 4.64. The number of nitrogens with two attached hydrogens (primary N) is 1. The van der Waals surface area contributed by atoms with Crippen LogP contribution in [0.5, 0.6) is 5.75 Å². The van der Waals surface area contributed by atoms with Crippen LogP contribution in [-0.2, 0) is 18.4 Å². The number of pyridine rings is 2. The van der Waals surface area contributed by atoms with Gasteiger partial charge in [-0.25, -0.2) is 15.0 Å². The fourth-order valence-corrected chi connectivity index (χ4v) is 7.28. The number of nitrogens with zero attached hydrogens (tertiary/aromatic N) is 6. The van der Waals surface area contributed by atoms with Crippen molar-refractivity contribution in [1.29, 1.82) is 0 Å². The van der Waals surface area contributed by atoms with Crippen molar-refractivity contribution in [1.82, 2.24) is 29.0 Å². The Kier molecular flexibility index (Phi) is 6.42. The number of imidazole rings is 1. The first-order chi connectivity index (χ1) is 21.8. The Morgan fingerprint density at radius 1 is 1.07 bits per heavy atom. The minimum Gasteiger partial charge on any atom is -0.494 e. The van der Waals surface area contributed by atoms with Gasteiger partial charge >= 0.3 is 0 Å². The van der Waals surface area contributed by atoms with Crippen molar-refractivity contribution < 1.29 is 14.3 Å². The number of anilines is 1. The summed E-state index contributed by atoms with van der Waals surface area (Å²) < 4.78 is 10.2. The molecule has 230 valence electrons. The number of aromatic nitrogens is 5. The first-order valence-electron chi connectivity index (χ1n) is 15.6. The van der Waals surface area contributed by atoms with E-state index in [1.54, 1.807) is 19.4 Å². The number of fused-ring (bicyclic) bond motifs is 4. The summed E-state index contributed by atoms with van der Waals surface area (Å²) in [4.78, 5) is 41.7. The van der Waals surface area contributed by atoms with Gasteiger partial charge in [0, 0.05) is 61.9 Å². The van der Waals surface area contributed by atoms with Crippen molar-refractivity contribution in [2.24, 2.45) is 24.6 Å². The molecule has 3 aliphatic rings. The molecule has 1 saturated heterocycles. The molecular formula is C34H36N8O3. The van der Waals surface area contributed by atoms with Gasteiger partial charge in [0.25, 0.3) is 5.91 Å². The van der Waals surface area contributed by atoms with E-state index in [0.717, 1.165) is 58.7 Å². The van der Waals surface area contributed by atoms with Crippen molar-refractivity contribution in [2.45, 2.75) is 51.2 Å². The molecule has 2 bridgehead atoms. The number of hydrogen-bond donors (Lipinski definition) is 2. The number of aryl methyl sites for hydroxylation is 1. The zero-order chi connectivity index (χ0) is 31.0. The SMILES string of the molecule is COc1cc(C(=O)N2CC3CCC2[C@@H]3N)cc2nc(-c3cc4ccc(-c5ccc(NC(C)=O)nc5)nc4n3CC3CC3)n(C)c12. The number of benzene rings is 1. The second-order valence-corrected chi connectivity index (χ2v) is 12.8. The van der Waals surface area contributed by atoms with Crippen molar-refractivity contribution in [3.8, 4) is 28.5 Å². The monoisotopic (exact) mass is 604 g/mol. The van der Waals surface area contributed by atoms with Crippen LogP contribution in [0.25, 0.3) is 44.8 Å². The molecule has 3 fully saturated rings. The Morgan fingerprint density at radius 3 is 2.58 bits per heavy atom. The van der Waals surface area contributed by atoms with Gasteiger partial charge in [0.05, 0.1) is 24.0 Å². The van der Waals surface area contributed by atoms with Crippen LogP contribution in [0, 0.1) is 11.8 Å². The molecule has 2 aliphatic carbocycles. The summed E-state index contributed by atoms with van der Waals surface area (Å²) in [6.07, 6.45) is 6.17. The number of nitrogens with one attached hydrogen (secondary N) is 1. The molecule has 1 aromatic carbocycles. The predicted molar refractivity (Wildman–Crippen MR) is 172 cm³/mol. The summed E-state index contributed by atoms with van der Waals surface area (Å²) >= 11 is 0. The maximum Gasteiger partial charge on any atom is 0.254 e. The normalized spacial score (nSPS) is 20.8. The molecule has 1 aliphatic heterocycles. The number of likely N-dealkylation sites (tertiary alicyclic amines) is 1. The highest BCUT2D eigenvalue weighted by molar-refractivity contribution is 6.00. The smallest absolute Gasteiger partial charge is 0.254 e. The molecule has 2 unspecified atom stereocenters. The summed E-state index contributed by atoms with van der Waals surface area (Å²) in [5, 5.41) is 3.73. The van der Waals surface area contributed by atoms with E-state index in [2.05, 4.69) is 31.6 Å². The van der Waals surface area contributed by atoms with E-state index >= 15 is 0 Å². The fraction of sp³-hybridized carbons (Fsp3) is 0.382. The summed E-state index contributed by atoms with van der Waals surface area (Å²) in [6.45, 7) is 3.02. The average molecular weight is 605 g/mol. The highest BCUT2D eigenvalue weighted by Crippen LogP contribution is 2.40. The van der Waals surface area contributed by atoms with Gasteiger partial charge in [-0.15, -0.1) is 0 Å². The summed E-state index contributed by atoms with van der Waals surface area (Å²) in [6, 6.07) is 13.8. The molecule has 0 radical (unpaired) electrons. The quantitative estimate of drug-likeness (QED) is 0.278. The number of hydrogen-bond acceptors (Lipinski definition) is 7. The van der Waals surface area contributed by atoms with Crippen LogP contribution in [0.15, 0.2) is 48.7 Å². The second kappa shape index (κ2) is 10.4. The fourth-order valence-electron chi connectivity index (χ4n) is 7.28. The van der Waals surface area contributed by atoms with Gasteiger partial charge in [0.2, 0.25) is 5.91 Å². The number of rotatable bonds is 7. The van der Waals surface area contributed by atoms with Gasteiger partial charge in [-0.05, 0) is 80.0 Å². The largest absolute Gasteiger partial charge is 0.494 e. The van der Waals surface area contributed by atoms with Crippen LogP contribution in [0.1, 0.15) is 43.0 Å². The number of amides is 2. The highest BCUT2D eigenvalue weighted by Gasteiger charge is 2.47. The lowest BCUT2D eigenvalue weighted by Crippen LogP contribution is -2.41. The third-order valence-electron chi connectivity index (χ3n) is 9.79. The molecule has 3 atom stereocenters. The zero-order valence-corrected chi connectivity index (χ0v) is 25.7. The molecule has 5 heterocycles. The van der Waals surface area contributed by atoms with Crippen LogP contribution in [0.4, 0.5) is 5.82 Å². The lowest BCUT2D eigenvalue weighted by Gasteiger charge is -2.27. The number of piperidine rings is 1. The van der Waals surface area contributed by atoms with Gasteiger partial charge < -0.3 is 29.8 Å². The number of carbonyl (C=O) groups excluding carboxylic acids is 2. The lowest BCUT2D eigenvalue weighted by molar-refractivity contribution is -0.114. The molecule has 5 aromatic rings. The average Bonchev–Trinajstić information content (AvgIpc) is 3.44. The Morgan fingerprint density at radius 2 is 1.91 bits per heavy atom. The molecule has 11 nitrogen and oxygen atoms in total. The third-order valence-corrected chi connectivity index (χ3v) is 9.79. The Bertz CT molecular complexity index is 1990. The summed E-state index contributed by atoms with van der Waals surface area (Å²) in [7, 11) is 3.63. The van der Waals surface area contributed by atoms with Crippen molar-refractivity contribution in [2.75, 3.05) is 19.0 Å². The second-order valence-electron chi connectivity index (χ2n) is 12.8. The van der Waals surface area contributed by atoms with Crippen LogP contribution in [0.3, 0.4) is 0 Å². The minimum atomic E-state index is -0.161. The maximum atomic E-state index is 13.7. The molecule has 4 aromatic heterocycles. The van der Waals surface area contributed by atoms with E-state index in [9.17, 15) is 9.59 Å².